The topological polar surface area (TPSA) is 35.2 Å². The third-order valence-electron chi connectivity index (χ3n) is 2.31. The predicted octanol–water partition coefficient (Wildman–Crippen LogP) is 3.62. The van der Waals surface area contributed by atoms with E-state index >= 15 is 0 Å². The van der Waals surface area contributed by atoms with Crippen LogP contribution in [-0.4, -0.2) is 23.9 Å². The standard InChI is InChI=1S/C11H8F7NOS/c12-9(13)10(14,15)4-20-5-1-2-6(8(19)21)7(3-5)11(16,17)18/h1-3,9H,4H2,(H2,19,21). The predicted molar refractivity (Wildman–Crippen MR) is 63.8 cm³/mol. The molecule has 2 nitrogen and oxygen atoms in total. The summed E-state index contributed by atoms with van der Waals surface area (Å²) in [5.41, 5.74) is 3.29. The van der Waals surface area contributed by atoms with Gasteiger partial charge in [-0.1, -0.05) is 12.2 Å². The normalized spacial score (nSPS) is 12.6. The summed E-state index contributed by atoms with van der Waals surface area (Å²) in [4.78, 5) is -0.549. The van der Waals surface area contributed by atoms with Gasteiger partial charge in [0.2, 0.25) is 0 Å². The van der Waals surface area contributed by atoms with Crippen LogP contribution in [0.1, 0.15) is 11.1 Å². The molecule has 0 bridgehead atoms. The Bertz CT molecular complexity index is 530. The number of nitrogens with two attached hydrogens (primary N) is 1. The summed E-state index contributed by atoms with van der Waals surface area (Å²) < 4.78 is 91.6. The van der Waals surface area contributed by atoms with Crippen LogP contribution in [0.3, 0.4) is 0 Å². The number of halogens is 7. The SMILES string of the molecule is NC(=S)c1ccc(OCC(F)(F)C(F)F)cc1C(F)(F)F. The van der Waals surface area contributed by atoms with Crippen molar-refractivity contribution in [3.63, 3.8) is 0 Å². The monoisotopic (exact) mass is 335 g/mol. The summed E-state index contributed by atoms with van der Waals surface area (Å²) in [6, 6.07) is 2.07. The number of ether oxygens (including phenoxy) is 1. The van der Waals surface area contributed by atoms with Crippen LogP contribution < -0.4 is 10.5 Å². The molecule has 10 heteroatoms. The second kappa shape index (κ2) is 6.04. The minimum atomic E-state index is -4.86. The van der Waals surface area contributed by atoms with Gasteiger partial charge in [0.1, 0.15) is 10.7 Å². The Hall–Kier alpha value is -1.58. The molecule has 0 fully saturated rings. The van der Waals surface area contributed by atoms with E-state index < -0.39 is 47.0 Å². The summed E-state index contributed by atoms with van der Waals surface area (Å²) in [5.74, 6) is -5.12. The molecular weight excluding hydrogens is 327 g/mol. The second-order valence-electron chi connectivity index (χ2n) is 3.92. The van der Waals surface area contributed by atoms with Crippen LogP contribution >= 0.6 is 12.2 Å². The molecule has 21 heavy (non-hydrogen) atoms. The lowest BCUT2D eigenvalue weighted by molar-refractivity contribution is -0.148. The van der Waals surface area contributed by atoms with Gasteiger partial charge in [-0.2, -0.15) is 22.0 Å². The molecule has 0 spiro atoms. The largest absolute Gasteiger partial charge is 0.487 e. The Morgan fingerprint density at radius 2 is 1.76 bits per heavy atom. The van der Waals surface area contributed by atoms with E-state index in [-0.39, 0.29) is 0 Å². The zero-order valence-corrected chi connectivity index (χ0v) is 10.9. The van der Waals surface area contributed by atoms with Gasteiger partial charge in [0.25, 0.3) is 0 Å². The lowest BCUT2D eigenvalue weighted by Crippen LogP contribution is -2.33. The molecule has 2 N–H and O–H groups in total. The first kappa shape index (κ1) is 17.5. The fraction of sp³-hybridized carbons (Fsp3) is 0.364. The molecule has 0 heterocycles. The van der Waals surface area contributed by atoms with Crippen LogP contribution in [0.5, 0.6) is 5.75 Å². The van der Waals surface area contributed by atoms with E-state index in [0.29, 0.717) is 6.07 Å². The third-order valence-corrected chi connectivity index (χ3v) is 2.53. The molecule has 0 unspecified atom stereocenters. The molecule has 0 aromatic heterocycles. The fourth-order valence-electron chi connectivity index (χ4n) is 1.31. The van der Waals surface area contributed by atoms with Gasteiger partial charge in [-0.15, -0.1) is 0 Å². The van der Waals surface area contributed by atoms with Crippen LogP contribution in [0.25, 0.3) is 0 Å². The Morgan fingerprint density at radius 3 is 2.19 bits per heavy atom. The zero-order chi connectivity index (χ0) is 16.4. The van der Waals surface area contributed by atoms with Crippen LogP contribution in [0.2, 0.25) is 0 Å². The van der Waals surface area contributed by atoms with Gasteiger partial charge in [0.05, 0.1) is 5.56 Å². The number of alkyl halides is 7. The zero-order valence-electron chi connectivity index (χ0n) is 10.1. The highest BCUT2D eigenvalue weighted by molar-refractivity contribution is 7.80. The highest BCUT2D eigenvalue weighted by Crippen LogP contribution is 2.35. The van der Waals surface area contributed by atoms with Crippen molar-refractivity contribution in [1.29, 1.82) is 0 Å². The lowest BCUT2D eigenvalue weighted by atomic mass is 10.1. The van der Waals surface area contributed by atoms with E-state index in [1.54, 1.807) is 0 Å². The smallest absolute Gasteiger partial charge is 0.417 e. The lowest BCUT2D eigenvalue weighted by Gasteiger charge is -2.18. The van der Waals surface area contributed by atoms with Gasteiger partial charge in [-0.3, -0.25) is 0 Å². The van der Waals surface area contributed by atoms with E-state index in [1.165, 1.54) is 0 Å². The molecule has 0 amide bonds. The molecule has 0 aliphatic heterocycles. The summed E-state index contributed by atoms with van der Waals surface area (Å²) in [6.07, 6.45) is -8.85. The highest BCUT2D eigenvalue weighted by Gasteiger charge is 2.42. The van der Waals surface area contributed by atoms with Gasteiger partial charge in [0.15, 0.2) is 6.61 Å². The summed E-state index contributed by atoms with van der Waals surface area (Å²) in [5, 5.41) is 0. The molecule has 0 aliphatic carbocycles. The van der Waals surface area contributed by atoms with Crippen molar-refractivity contribution in [2.45, 2.75) is 18.5 Å². The molecule has 0 atom stereocenters. The van der Waals surface area contributed by atoms with Crippen molar-refractivity contribution < 1.29 is 35.5 Å². The maximum atomic E-state index is 12.8. The van der Waals surface area contributed by atoms with Gasteiger partial charge in [0, 0.05) is 5.56 Å². The first-order chi connectivity index (χ1) is 9.45. The van der Waals surface area contributed by atoms with Gasteiger partial charge >= 0.3 is 18.5 Å². The fourth-order valence-corrected chi connectivity index (χ4v) is 1.48. The number of thiocarbonyl (C=S) groups is 1. The molecule has 0 saturated heterocycles. The minimum absolute atomic E-state index is 0.371. The summed E-state index contributed by atoms with van der Waals surface area (Å²) in [7, 11) is 0. The van der Waals surface area contributed by atoms with Gasteiger partial charge in [-0.25, -0.2) is 8.78 Å². The van der Waals surface area contributed by atoms with Crippen LogP contribution in [-0.2, 0) is 6.18 Å². The first-order valence-electron chi connectivity index (χ1n) is 5.25. The van der Waals surface area contributed by atoms with E-state index in [1.807, 2.05) is 0 Å². The van der Waals surface area contributed by atoms with Crippen LogP contribution in [0, 0.1) is 0 Å². The Balaban J connectivity index is 3.04. The van der Waals surface area contributed by atoms with Gasteiger partial charge in [-0.05, 0) is 18.2 Å². The van der Waals surface area contributed by atoms with Crippen molar-refractivity contribution >= 4 is 17.2 Å². The Labute approximate surface area is 119 Å². The van der Waals surface area contributed by atoms with Crippen molar-refractivity contribution in [3.05, 3.63) is 29.3 Å². The number of hydrogen-bond donors (Lipinski definition) is 1. The Kier molecular flexibility index (Phi) is 5.03. The van der Waals surface area contributed by atoms with E-state index in [0.717, 1.165) is 12.1 Å². The molecule has 1 rings (SSSR count). The molecular formula is C11H8F7NOS. The van der Waals surface area contributed by atoms with Crippen molar-refractivity contribution in [2.75, 3.05) is 6.61 Å². The van der Waals surface area contributed by atoms with Crippen molar-refractivity contribution in [3.8, 4) is 5.75 Å². The highest BCUT2D eigenvalue weighted by atomic mass is 32.1. The molecule has 118 valence electrons. The molecule has 0 saturated carbocycles. The van der Waals surface area contributed by atoms with Gasteiger partial charge < -0.3 is 10.5 Å². The quantitative estimate of drug-likeness (QED) is 0.659. The van der Waals surface area contributed by atoms with E-state index in [9.17, 15) is 30.7 Å². The Morgan fingerprint density at radius 1 is 1.19 bits per heavy atom. The third kappa shape index (κ3) is 4.45. The number of hydrogen-bond acceptors (Lipinski definition) is 2. The average molecular weight is 335 g/mol. The minimum Gasteiger partial charge on any atom is -0.487 e. The average Bonchev–Trinajstić information content (AvgIpc) is 2.34. The molecule has 0 aliphatic rings. The molecule has 0 radical (unpaired) electrons. The number of benzene rings is 1. The summed E-state index contributed by atoms with van der Waals surface area (Å²) in [6.45, 7) is -1.76. The maximum absolute atomic E-state index is 12.8. The van der Waals surface area contributed by atoms with Crippen LogP contribution in [0.4, 0.5) is 30.7 Å². The maximum Gasteiger partial charge on any atom is 0.417 e. The van der Waals surface area contributed by atoms with Crippen LogP contribution in [0.15, 0.2) is 18.2 Å². The van der Waals surface area contributed by atoms with E-state index in [2.05, 4.69) is 17.0 Å². The first-order valence-corrected chi connectivity index (χ1v) is 5.66. The van der Waals surface area contributed by atoms with Crippen molar-refractivity contribution in [2.24, 2.45) is 5.73 Å². The number of rotatable bonds is 5. The molecule has 1 aromatic rings. The summed E-state index contributed by atoms with van der Waals surface area (Å²) >= 11 is 4.44. The van der Waals surface area contributed by atoms with Crippen molar-refractivity contribution in [1.82, 2.24) is 0 Å². The second-order valence-corrected chi connectivity index (χ2v) is 4.36. The van der Waals surface area contributed by atoms with E-state index in [4.69, 9.17) is 5.73 Å². The molecule has 1 aromatic carbocycles.